The van der Waals surface area contributed by atoms with Gasteiger partial charge in [0.25, 0.3) is 0 Å². The summed E-state index contributed by atoms with van der Waals surface area (Å²) in [4.78, 5) is 0. The van der Waals surface area contributed by atoms with Crippen molar-refractivity contribution in [3.05, 3.63) is 461 Å². The van der Waals surface area contributed by atoms with Crippen LogP contribution < -0.4 is 0 Å². The first-order valence-corrected chi connectivity index (χ1v) is 39.5. The Labute approximate surface area is 666 Å². The molecule has 0 atom stereocenters. The second-order valence-corrected chi connectivity index (χ2v) is 29.4. The summed E-state index contributed by atoms with van der Waals surface area (Å²) < 4.78 is 0. The zero-order chi connectivity index (χ0) is 75.7. The smallest absolute Gasteiger partial charge is 0.0000936 e. The molecule has 0 radical (unpaired) electrons. The highest BCUT2D eigenvalue weighted by Crippen LogP contribution is 2.63. The first-order valence-electron chi connectivity index (χ1n) is 39.5. The zero-order valence-electron chi connectivity index (χ0n) is 62.9. The molecule has 20 rings (SSSR count). The van der Waals surface area contributed by atoms with Crippen LogP contribution >= 0.6 is 0 Å². The maximum atomic E-state index is 2.52. The lowest BCUT2D eigenvalue weighted by molar-refractivity contribution is 1.54. The third-order valence-electron chi connectivity index (χ3n) is 22.8. The number of fused-ring (bicyclic) bond motifs is 3. The summed E-state index contributed by atoms with van der Waals surface area (Å²) in [5.41, 5.74) is 36.6. The predicted octanol–water partition coefficient (Wildman–Crippen LogP) is 31.8. The molecule has 0 unspecified atom stereocenters. The Kier molecular flexibility index (Phi) is 18.1. The fraction of sp³-hybridized carbons (Fsp3) is 0. The molecule has 0 fully saturated rings. The minimum absolute atomic E-state index is 1.10. The van der Waals surface area contributed by atoms with Crippen LogP contribution in [0.1, 0.15) is 0 Å². The molecule has 0 heterocycles. The standard InChI is InChI=1S/C114H76/c1-15-43-78(44-16-1)95-97(80-47-19-3-20-48-80)103(86-59-31-9-32-60-86)113-107(90-67-39-13-40-68-90)109(99(82-51-23-5-24-52-82)105(88-63-35-11-36-64-88)111(113)101(95)84-55-27-7-28-56-84)92-73-71-77-72-74-93(76-94(77)75-92)110-100(83-53-25-6-26-54-83)106(89-65-37-12-38-66-89)112-102(85-57-29-8-30-58-85)96(79-45-17-2-18-46-79)98(81-49-21-4-22-50-81)104(87-61-33-10-34-62-87)114(112)108(110)91-69-41-14-42-70-91/h1-76H. The van der Waals surface area contributed by atoms with Crippen LogP contribution in [0.3, 0.4) is 0 Å². The molecule has 532 valence electrons. The van der Waals surface area contributed by atoms with Gasteiger partial charge in [-0.2, -0.15) is 0 Å². The maximum Gasteiger partial charge on any atom is -0.0000936 e. The van der Waals surface area contributed by atoms with Gasteiger partial charge in [0.1, 0.15) is 0 Å². The maximum absolute atomic E-state index is 2.52. The average molecular weight is 1450 g/mol. The van der Waals surface area contributed by atoms with Crippen LogP contribution in [-0.2, 0) is 0 Å². The van der Waals surface area contributed by atoms with Gasteiger partial charge in [-0.3, -0.25) is 0 Å². The molecule has 20 aromatic carbocycles. The molecule has 0 nitrogen and oxygen atoms in total. The summed E-state index contributed by atoms with van der Waals surface area (Å²) in [6, 6.07) is 172. The Hall–Kier alpha value is -14.8. The van der Waals surface area contributed by atoms with E-state index < -0.39 is 0 Å². The van der Waals surface area contributed by atoms with E-state index in [-0.39, 0.29) is 0 Å². The van der Waals surface area contributed by atoms with Crippen molar-refractivity contribution in [3.63, 3.8) is 0 Å². The molecule has 0 heteroatoms. The molecular weight excluding hydrogens is 1370 g/mol. The quantitative estimate of drug-likeness (QED) is 0.0904. The fourth-order valence-corrected chi connectivity index (χ4v) is 18.1. The lowest BCUT2D eigenvalue weighted by Gasteiger charge is -2.31. The van der Waals surface area contributed by atoms with Gasteiger partial charge in [0, 0.05) is 0 Å². The van der Waals surface area contributed by atoms with E-state index in [1.54, 1.807) is 0 Å². The normalized spacial score (nSPS) is 11.3. The lowest BCUT2D eigenvalue weighted by Crippen LogP contribution is -2.04. The van der Waals surface area contributed by atoms with E-state index in [1.807, 2.05) is 0 Å². The third-order valence-corrected chi connectivity index (χ3v) is 22.8. The first kappa shape index (κ1) is 68.5. The Bertz CT molecular complexity index is 6440. The molecule has 0 aliphatic carbocycles. The Morgan fingerprint density at radius 2 is 0.193 bits per heavy atom. The molecule has 0 aliphatic heterocycles. The Morgan fingerprint density at radius 3 is 0.325 bits per heavy atom. The summed E-state index contributed by atoms with van der Waals surface area (Å²) in [5.74, 6) is 0. The van der Waals surface area contributed by atoms with Gasteiger partial charge < -0.3 is 0 Å². The predicted molar refractivity (Wildman–Crippen MR) is 486 cm³/mol. The highest BCUT2D eigenvalue weighted by molar-refractivity contribution is 6.33. The van der Waals surface area contributed by atoms with Crippen LogP contribution in [0.15, 0.2) is 461 Å². The molecule has 0 saturated heterocycles. The molecule has 0 aliphatic rings. The van der Waals surface area contributed by atoms with Crippen molar-refractivity contribution in [2.45, 2.75) is 0 Å². The number of rotatable bonds is 16. The van der Waals surface area contributed by atoms with Crippen molar-refractivity contribution >= 4 is 32.3 Å². The van der Waals surface area contributed by atoms with Crippen LogP contribution in [0.25, 0.3) is 210 Å². The Morgan fingerprint density at radius 1 is 0.0789 bits per heavy atom. The summed E-state index contributed by atoms with van der Waals surface area (Å²) >= 11 is 0. The van der Waals surface area contributed by atoms with E-state index in [0.29, 0.717) is 0 Å². The van der Waals surface area contributed by atoms with Gasteiger partial charge in [0.15, 0.2) is 0 Å². The van der Waals surface area contributed by atoms with E-state index >= 15 is 0 Å². The van der Waals surface area contributed by atoms with Gasteiger partial charge in [0.05, 0.1) is 0 Å². The third kappa shape index (κ3) is 12.2. The van der Waals surface area contributed by atoms with Crippen LogP contribution in [0.4, 0.5) is 0 Å². The molecule has 0 N–H and O–H groups in total. The highest BCUT2D eigenvalue weighted by Gasteiger charge is 2.36. The number of benzene rings is 20. The minimum atomic E-state index is 1.10. The molecule has 0 saturated carbocycles. The Balaban J connectivity index is 1.01. The van der Waals surface area contributed by atoms with Crippen LogP contribution in [0.2, 0.25) is 0 Å². The molecule has 0 bridgehead atoms. The summed E-state index contributed by atoms with van der Waals surface area (Å²) in [6.07, 6.45) is 0. The summed E-state index contributed by atoms with van der Waals surface area (Å²) in [6.45, 7) is 0. The summed E-state index contributed by atoms with van der Waals surface area (Å²) in [5, 5.41) is 6.94. The van der Waals surface area contributed by atoms with Crippen LogP contribution in [-0.4, -0.2) is 0 Å². The van der Waals surface area contributed by atoms with Crippen molar-refractivity contribution in [1.82, 2.24) is 0 Å². The van der Waals surface area contributed by atoms with Crippen molar-refractivity contribution in [2.24, 2.45) is 0 Å². The van der Waals surface area contributed by atoms with Gasteiger partial charge in [-0.25, -0.2) is 0 Å². The fourth-order valence-electron chi connectivity index (χ4n) is 18.1. The van der Waals surface area contributed by atoms with E-state index in [4.69, 9.17) is 0 Å². The lowest BCUT2D eigenvalue weighted by atomic mass is 9.71. The van der Waals surface area contributed by atoms with Crippen molar-refractivity contribution in [3.8, 4) is 178 Å². The van der Waals surface area contributed by atoms with Gasteiger partial charge in [0.2, 0.25) is 0 Å². The second-order valence-electron chi connectivity index (χ2n) is 29.4. The summed E-state index contributed by atoms with van der Waals surface area (Å²) in [7, 11) is 0. The molecule has 0 spiro atoms. The molecule has 114 heavy (non-hydrogen) atoms. The minimum Gasteiger partial charge on any atom is -0.0622 e. The van der Waals surface area contributed by atoms with E-state index in [2.05, 4.69) is 461 Å². The monoisotopic (exact) mass is 1440 g/mol. The van der Waals surface area contributed by atoms with E-state index in [1.165, 1.54) is 66.1 Å². The largest absolute Gasteiger partial charge is 0.0622 e. The first-order chi connectivity index (χ1) is 56.7. The van der Waals surface area contributed by atoms with Crippen molar-refractivity contribution in [2.75, 3.05) is 0 Å². The molecule has 0 aromatic heterocycles. The molecule has 20 aromatic rings. The highest BCUT2D eigenvalue weighted by atomic mass is 14.4. The van der Waals surface area contributed by atoms with Crippen molar-refractivity contribution in [1.29, 1.82) is 0 Å². The van der Waals surface area contributed by atoms with Crippen LogP contribution in [0, 0.1) is 0 Å². The SMILES string of the molecule is c1ccc(-c2c(-c3ccccc3)c(-c3ccccc3)c3c(-c4ccccc4)c(-c4ccc5ccc(-c6c(-c7ccccc7)c(-c7ccccc7)c7c(-c8ccccc8)c(-c8ccccc8)c(-c8ccccc8)c(-c8ccccc8)c7c6-c6ccccc6)cc5c4)c(-c4ccccc4)c(-c4ccccc4)c3c2-c2ccccc2)cc1. The number of hydrogen-bond acceptors (Lipinski definition) is 0. The second kappa shape index (κ2) is 30.2. The van der Waals surface area contributed by atoms with E-state index in [9.17, 15) is 0 Å². The van der Waals surface area contributed by atoms with E-state index in [0.717, 1.165) is 144 Å². The average Bonchev–Trinajstić information content (AvgIpc) is 0.694. The number of hydrogen-bond donors (Lipinski definition) is 0. The van der Waals surface area contributed by atoms with Crippen LogP contribution in [0.5, 0.6) is 0 Å². The van der Waals surface area contributed by atoms with Gasteiger partial charge in [-0.05, 0) is 222 Å². The zero-order valence-corrected chi connectivity index (χ0v) is 62.9. The molecule has 0 amide bonds. The van der Waals surface area contributed by atoms with Crippen molar-refractivity contribution < 1.29 is 0 Å². The van der Waals surface area contributed by atoms with Gasteiger partial charge >= 0.3 is 0 Å². The topological polar surface area (TPSA) is 0 Å². The van der Waals surface area contributed by atoms with Gasteiger partial charge in [-0.15, -0.1) is 0 Å². The van der Waals surface area contributed by atoms with Gasteiger partial charge in [-0.1, -0.05) is 449 Å². The molecular formula is C114H76.